The minimum absolute atomic E-state index is 0.0210. The standard InChI is InChI=1S/C24H21ClN2O5/c1-12-13(2)22(30)17(14(3)21(12)29)10-16-7-8-20(32-15(4)28)18(11-16)24(31)27-19-6-5-9-26-23(19)25/h5-11,29-30H,1H2,2-4H3,(H,27,31). The van der Waals surface area contributed by atoms with E-state index in [1.54, 1.807) is 38.1 Å². The van der Waals surface area contributed by atoms with E-state index in [2.05, 4.69) is 16.9 Å². The molecule has 0 radical (unpaired) electrons. The summed E-state index contributed by atoms with van der Waals surface area (Å²) < 4.78 is 5.18. The molecule has 3 aromatic rings. The number of benzene rings is 2. The second kappa shape index (κ2) is 9.11. The number of phenolic OH excluding ortho intramolecular Hbond substituents is 2. The molecule has 3 N–H and O–H groups in total. The number of nitrogens with one attached hydrogen (secondary N) is 1. The number of aromatic nitrogens is 1. The molecule has 3 rings (SSSR count). The number of phenols is 2. The first-order valence-electron chi connectivity index (χ1n) is 9.56. The van der Waals surface area contributed by atoms with Crippen LogP contribution >= 0.6 is 11.6 Å². The monoisotopic (exact) mass is 452 g/mol. The van der Waals surface area contributed by atoms with Gasteiger partial charge < -0.3 is 20.3 Å². The number of hydrogen-bond donors (Lipinski definition) is 3. The molecule has 164 valence electrons. The number of rotatable bonds is 4. The van der Waals surface area contributed by atoms with Gasteiger partial charge in [0.25, 0.3) is 5.91 Å². The molecule has 1 aromatic heterocycles. The molecule has 0 fully saturated rings. The number of carbonyl (C=O) groups is 2. The quantitative estimate of drug-likeness (QED) is 0.243. The maximum Gasteiger partial charge on any atom is 0.308 e. The van der Waals surface area contributed by atoms with Crippen LogP contribution in [0.15, 0.2) is 36.5 Å². The third-order valence-corrected chi connectivity index (χ3v) is 5.23. The zero-order valence-electron chi connectivity index (χ0n) is 17.7. The number of aromatic hydroxyl groups is 2. The van der Waals surface area contributed by atoms with Crippen molar-refractivity contribution in [2.45, 2.75) is 20.8 Å². The first-order chi connectivity index (χ1) is 15.1. The molecule has 0 unspecified atom stereocenters. The number of halogens is 1. The first kappa shape index (κ1) is 22.8. The van der Waals surface area contributed by atoms with Crippen molar-refractivity contribution in [1.82, 2.24) is 4.98 Å². The predicted molar refractivity (Wildman–Crippen MR) is 123 cm³/mol. The Bertz CT molecular complexity index is 1320. The number of amides is 1. The molecule has 0 saturated heterocycles. The van der Waals surface area contributed by atoms with E-state index in [0.29, 0.717) is 32.8 Å². The molecule has 0 aliphatic rings. The van der Waals surface area contributed by atoms with Crippen LogP contribution in [0.25, 0.3) is 12.7 Å². The number of carbonyl (C=O) groups excluding carboxylic acids is 2. The van der Waals surface area contributed by atoms with Crippen LogP contribution in [0.3, 0.4) is 0 Å². The molecule has 8 heteroatoms. The van der Waals surface area contributed by atoms with Gasteiger partial charge in [-0.2, -0.15) is 0 Å². The third kappa shape index (κ3) is 4.58. The van der Waals surface area contributed by atoms with Gasteiger partial charge in [-0.15, -0.1) is 0 Å². The molecular weight excluding hydrogens is 432 g/mol. The number of ether oxygens (including phenoxy) is 1. The molecule has 2 aromatic carbocycles. The van der Waals surface area contributed by atoms with Crippen molar-refractivity contribution >= 4 is 41.8 Å². The summed E-state index contributed by atoms with van der Waals surface area (Å²) >= 11 is 6.02. The Morgan fingerprint density at radius 1 is 1.16 bits per heavy atom. The predicted octanol–water partition coefficient (Wildman–Crippen LogP) is 3.18. The SMILES string of the molecule is C=c1c(C)c(O)c(=Cc2ccc(OC(C)=O)c(C(=O)Nc3cccnc3Cl)c2)c(C)c1O. The molecule has 0 aliphatic heterocycles. The molecule has 0 bridgehead atoms. The van der Waals surface area contributed by atoms with Gasteiger partial charge in [0, 0.05) is 34.7 Å². The van der Waals surface area contributed by atoms with Crippen LogP contribution in [0.4, 0.5) is 5.69 Å². The Labute approximate surface area is 189 Å². The molecule has 32 heavy (non-hydrogen) atoms. The average Bonchev–Trinajstić information content (AvgIpc) is 2.76. The average molecular weight is 453 g/mol. The fourth-order valence-electron chi connectivity index (χ4n) is 3.12. The summed E-state index contributed by atoms with van der Waals surface area (Å²) in [6.07, 6.45) is 3.10. The summed E-state index contributed by atoms with van der Waals surface area (Å²) in [5.74, 6) is -1.15. The second-order valence-electron chi connectivity index (χ2n) is 7.13. The molecule has 0 spiro atoms. The highest BCUT2D eigenvalue weighted by atomic mass is 35.5. The Hall–Kier alpha value is -3.84. The largest absolute Gasteiger partial charge is 0.507 e. The summed E-state index contributed by atoms with van der Waals surface area (Å²) in [5.41, 5.74) is 1.77. The van der Waals surface area contributed by atoms with Crippen molar-refractivity contribution in [2.75, 3.05) is 5.32 Å². The number of anilines is 1. The number of esters is 1. The minimum atomic E-state index is -0.588. The van der Waals surface area contributed by atoms with Crippen LogP contribution in [0.1, 0.15) is 34.0 Å². The minimum Gasteiger partial charge on any atom is -0.507 e. The second-order valence-corrected chi connectivity index (χ2v) is 7.49. The Kier molecular flexibility index (Phi) is 6.50. The zero-order chi connectivity index (χ0) is 23.6. The van der Waals surface area contributed by atoms with E-state index in [4.69, 9.17) is 16.3 Å². The maximum absolute atomic E-state index is 13.0. The smallest absolute Gasteiger partial charge is 0.308 e. The van der Waals surface area contributed by atoms with E-state index in [-0.39, 0.29) is 28.0 Å². The van der Waals surface area contributed by atoms with Crippen LogP contribution < -0.4 is 20.5 Å². The summed E-state index contributed by atoms with van der Waals surface area (Å²) in [7, 11) is 0. The highest BCUT2D eigenvalue weighted by Gasteiger charge is 2.17. The molecule has 7 nitrogen and oxygen atoms in total. The molecule has 1 amide bonds. The lowest BCUT2D eigenvalue weighted by Crippen LogP contribution is -2.18. The van der Waals surface area contributed by atoms with Crippen LogP contribution in [0.5, 0.6) is 17.2 Å². The fraction of sp³-hybridized carbons (Fsp3) is 0.125. The lowest BCUT2D eigenvalue weighted by atomic mass is 10.0. The summed E-state index contributed by atoms with van der Waals surface area (Å²) in [4.78, 5) is 28.4. The molecule has 1 heterocycles. The van der Waals surface area contributed by atoms with Gasteiger partial charge in [0.1, 0.15) is 17.2 Å². The van der Waals surface area contributed by atoms with Crippen molar-refractivity contribution in [2.24, 2.45) is 0 Å². The van der Waals surface area contributed by atoms with Crippen molar-refractivity contribution in [3.63, 3.8) is 0 Å². The Morgan fingerprint density at radius 2 is 1.88 bits per heavy atom. The molecule has 0 saturated carbocycles. The normalized spacial score (nSPS) is 11.3. The topological polar surface area (TPSA) is 109 Å². The molecule has 0 aliphatic carbocycles. The van der Waals surface area contributed by atoms with Gasteiger partial charge in [0.05, 0.1) is 11.3 Å². The number of nitrogens with zero attached hydrogens (tertiary/aromatic N) is 1. The Balaban J connectivity index is 2.14. The van der Waals surface area contributed by atoms with Crippen LogP contribution in [-0.4, -0.2) is 27.1 Å². The zero-order valence-corrected chi connectivity index (χ0v) is 18.4. The van der Waals surface area contributed by atoms with Crippen LogP contribution in [-0.2, 0) is 4.79 Å². The molecular formula is C24H21ClN2O5. The van der Waals surface area contributed by atoms with E-state index in [0.717, 1.165) is 0 Å². The van der Waals surface area contributed by atoms with Gasteiger partial charge in [-0.25, -0.2) is 4.98 Å². The van der Waals surface area contributed by atoms with Gasteiger partial charge in [-0.3, -0.25) is 9.59 Å². The van der Waals surface area contributed by atoms with E-state index in [1.807, 2.05) is 0 Å². The lowest BCUT2D eigenvalue weighted by Gasteiger charge is -2.12. The van der Waals surface area contributed by atoms with Crippen LogP contribution in [0.2, 0.25) is 5.15 Å². The van der Waals surface area contributed by atoms with Crippen molar-refractivity contribution in [3.05, 3.63) is 74.4 Å². The number of hydrogen-bond acceptors (Lipinski definition) is 6. The number of pyridine rings is 1. The summed E-state index contributed by atoms with van der Waals surface area (Å²) in [5, 5.41) is 24.4. The van der Waals surface area contributed by atoms with E-state index >= 15 is 0 Å². The van der Waals surface area contributed by atoms with Gasteiger partial charge in [0.15, 0.2) is 5.15 Å². The Morgan fingerprint density at radius 3 is 2.53 bits per heavy atom. The van der Waals surface area contributed by atoms with Gasteiger partial charge >= 0.3 is 5.97 Å². The maximum atomic E-state index is 13.0. The first-order valence-corrected chi connectivity index (χ1v) is 9.94. The fourth-order valence-corrected chi connectivity index (χ4v) is 3.29. The van der Waals surface area contributed by atoms with Crippen molar-refractivity contribution < 1.29 is 24.5 Å². The van der Waals surface area contributed by atoms with Gasteiger partial charge in [0.2, 0.25) is 0 Å². The van der Waals surface area contributed by atoms with E-state index in [1.165, 1.54) is 25.3 Å². The highest BCUT2D eigenvalue weighted by molar-refractivity contribution is 6.32. The summed E-state index contributed by atoms with van der Waals surface area (Å²) in [6.45, 7) is 8.30. The summed E-state index contributed by atoms with van der Waals surface area (Å²) in [6, 6.07) is 7.80. The van der Waals surface area contributed by atoms with Crippen molar-refractivity contribution in [1.29, 1.82) is 0 Å². The van der Waals surface area contributed by atoms with E-state index < -0.39 is 11.9 Å². The molecule has 0 atom stereocenters. The van der Waals surface area contributed by atoms with Crippen molar-refractivity contribution in [3.8, 4) is 17.2 Å². The van der Waals surface area contributed by atoms with Gasteiger partial charge in [-0.05, 0) is 49.8 Å². The van der Waals surface area contributed by atoms with E-state index in [9.17, 15) is 19.8 Å². The highest BCUT2D eigenvalue weighted by Crippen LogP contribution is 2.25. The third-order valence-electron chi connectivity index (χ3n) is 4.93. The lowest BCUT2D eigenvalue weighted by molar-refractivity contribution is -0.131. The van der Waals surface area contributed by atoms with Gasteiger partial charge in [-0.1, -0.05) is 24.2 Å². The van der Waals surface area contributed by atoms with Crippen LogP contribution in [0, 0.1) is 13.8 Å².